The van der Waals surface area contributed by atoms with Gasteiger partial charge in [0.05, 0.1) is 6.61 Å². The topological polar surface area (TPSA) is 88.1 Å². The average Bonchev–Trinajstić information content (AvgIpc) is 2.57. The molecular weight excluding hydrogens is 244 g/mol. The minimum absolute atomic E-state index is 0.0506. The van der Waals surface area contributed by atoms with Gasteiger partial charge in [-0.05, 0) is 0 Å². The molecule has 0 aliphatic carbocycles. The van der Waals surface area contributed by atoms with E-state index in [1.165, 1.54) is 20.8 Å². The molecule has 18 heavy (non-hydrogen) atoms. The molecule has 0 bridgehead atoms. The zero-order chi connectivity index (χ0) is 13.7. The SMILES string of the molecule is CC(=O)OC[C@H]1OC[C@@H](OC(C)=O)[C@H]1OC(C)=O. The van der Waals surface area contributed by atoms with Gasteiger partial charge in [-0.15, -0.1) is 0 Å². The summed E-state index contributed by atoms with van der Waals surface area (Å²) in [5.41, 5.74) is 0. The van der Waals surface area contributed by atoms with Crippen molar-refractivity contribution in [2.45, 2.75) is 39.1 Å². The van der Waals surface area contributed by atoms with Crippen molar-refractivity contribution >= 4 is 17.9 Å². The molecular formula is C11H16O7. The van der Waals surface area contributed by atoms with Crippen LogP contribution in [0.1, 0.15) is 20.8 Å². The van der Waals surface area contributed by atoms with E-state index in [2.05, 4.69) is 0 Å². The van der Waals surface area contributed by atoms with Gasteiger partial charge in [0.25, 0.3) is 0 Å². The van der Waals surface area contributed by atoms with Crippen LogP contribution in [0, 0.1) is 0 Å². The van der Waals surface area contributed by atoms with Crippen LogP contribution in [-0.4, -0.2) is 49.4 Å². The third-order valence-electron chi connectivity index (χ3n) is 2.28. The molecule has 1 saturated heterocycles. The molecule has 0 aromatic heterocycles. The smallest absolute Gasteiger partial charge is 0.303 e. The third kappa shape index (κ3) is 4.33. The van der Waals surface area contributed by atoms with Gasteiger partial charge in [0.15, 0.2) is 12.2 Å². The lowest BCUT2D eigenvalue weighted by molar-refractivity contribution is -0.165. The molecule has 7 nitrogen and oxygen atoms in total. The quantitative estimate of drug-likeness (QED) is 0.511. The Hall–Kier alpha value is -1.63. The average molecular weight is 260 g/mol. The fraction of sp³-hybridized carbons (Fsp3) is 0.727. The molecule has 0 radical (unpaired) electrons. The van der Waals surface area contributed by atoms with Crippen LogP contribution in [0.4, 0.5) is 0 Å². The van der Waals surface area contributed by atoms with Crippen molar-refractivity contribution in [3.05, 3.63) is 0 Å². The second-order valence-electron chi connectivity index (χ2n) is 3.90. The molecule has 1 fully saturated rings. The summed E-state index contributed by atoms with van der Waals surface area (Å²) in [5.74, 6) is -1.47. The number of rotatable bonds is 4. The Labute approximate surface area is 104 Å². The first kappa shape index (κ1) is 14.4. The lowest BCUT2D eigenvalue weighted by Gasteiger charge is -2.21. The Morgan fingerprint density at radius 1 is 1.06 bits per heavy atom. The first-order chi connectivity index (χ1) is 8.40. The predicted octanol–water partition coefficient (Wildman–Crippen LogP) is -0.188. The molecule has 0 amide bonds. The van der Waals surface area contributed by atoms with Crippen LogP contribution in [0.2, 0.25) is 0 Å². The zero-order valence-corrected chi connectivity index (χ0v) is 10.5. The second-order valence-corrected chi connectivity index (χ2v) is 3.90. The molecule has 1 aliphatic rings. The summed E-state index contributed by atoms with van der Waals surface area (Å²) in [5, 5.41) is 0. The van der Waals surface area contributed by atoms with Crippen LogP contribution in [0.15, 0.2) is 0 Å². The largest absolute Gasteiger partial charge is 0.463 e. The summed E-state index contributed by atoms with van der Waals surface area (Å²) in [6.45, 7) is 3.81. The molecule has 0 aromatic carbocycles. The van der Waals surface area contributed by atoms with E-state index in [9.17, 15) is 14.4 Å². The van der Waals surface area contributed by atoms with Crippen LogP contribution in [0.25, 0.3) is 0 Å². The van der Waals surface area contributed by atoms with E-state index in [4.69, 9.17) is 18.9 Å². The van der Waals surface area contributed by atoms with Gasteiger partial charge in [0, 0.05) is 20.8 Å². The number of carbonyl (C=O) groups is 3. The van der Waals surface area contributed by atoms with Gasteiger partial charge in [0.1, 0.15) is 12.7 Å². The van der Waals surface area contributed by atoms with Crippen LogP contribution in [0.3, 0.4) is 0 Å². The molecule has 0 aromatic rings. The van der Waals surface area contributed by atoms with Gasteiger partial charge in [-0.1, -0.05) is 0 Å². The normalized spacial score (nSPS) is 26.5. The van der Waals surface area contributed by atoms with E-state index in [-0.39, 0.29) is 13.2 Å². The third-order valence-corrected chi connectivity index (χ3v) is 2.28. The first-order valence-electron chi connectivity index (χ1n) is 5.49. The summed E-state index contributed by atoms with van der Waals surface area (Å²) in [6.07, 6.45) is -2.06. The maximum absolute atomic E-state index is 11.0. The Balaban J connectivity index is 2.63. The summed E-state index contributed by atoms with van der Waals surface area (Å²) < 4.78 is 20.1. The summed E-state index contributed by atoms with van der Waals surface area (Å²) >= 11 is 0. The number of hydrogen-bond acceptors (Lipinski definition) is 7. The first-order valence-corrected chi connectivity index (χ1v) is 5.49. The highest BCUT2D eigenvalue weighted by Gasteiger charge is 2.42. The number of esters is 3. The Morgan fingerprint density at radius 2 is 1.67 bits per heavy atom. The molecule has 0 N–H and O–H groups in total. The minimum Gasteiger partial charge on any atom is -0.463 e. The van der Waals surface area contributed by atoms with E-state index in [1.807, 2.05) is 0 Å². The van der Waals surface area contributed by atoms with Crippen molar-refractivity contribution in [3.63, 3.8) is 0 Å². The highest BCUT2D eigenvalue weighted by molar-refractivity contribution is 5.67. The molecule has 0 spiro atoms. The van der Waals surface area contributed by atoms with Gasteiger partial charge >= 0.3 is 17.9 Å². The molecule has 7 heteroatoms. The molecule has 1 rings (SSSR count). The van der Waals surface area contributed by atoms with Crippen molar-refractivity contribution in [1.82, 2.24) is 0 Å². The molecule has 1 aliphatic heterocycles. The van der Waals surface area contributed by atoms with E-state index >= 15 is 0 Å². The highest BCUT2D eigenvalue weighted by atomic mass is 16.6. The van der Waals surface area contributed by atoms with Crippen molar-refractivity contribution in [2.75, 3.05) is 13.2 Å². The molecule has 0 saturated carbocycles. The maximum Gasteiger partial charge on any atom is 0.303 e. The Bertz CT molecular complexity index is 338. The molecule has 3 atom stereocenters. The van der Waals surface area contributed by atoms with E-state index in [1.54, 1.807) is 0 Å². The van der Waals surface area contributed by atoms with Crippen LogP contribution in [0.5, 0.6) is 0 Å². The van der Waals surface area contributed by atoms with Crippen molar-refractivity contribution < 1.29 is 33.3 Å². The fourth-order valence-corrected chi connectivity index (χ4v) is 1.65. The molecule has 0 unspecified atom stereocenters. The van der Waals surface area contributed by atoms with Gasteiger partial charge in [-0.2, -0.15) is 0 Å². The number of hydrogen-bond donors (Lipinski definition) is 0. The minimum atomic E-state index is -0.759. The van der Waals surface area contributed by atoms with Crippen molar-refractivity contribution in [3.8, 4) is 0 Å². The second kappa shape index (κ2) is 6.34. The summed E-state index contributed by atoms with van der Waals surface area (Å²) in [6, 6.07) is 0. The molecule has 102 valence electrons. The van der Waals surface area contributed by atoms with Gasteiger partial charge < -0.3 is 18.9 Å². The van der Waals surface area contributed by atoms with Gasteiger partial charge in [-0.3, -0.25) is 14.4 Å². The van der Waals surface area contributed by atoms with Crippen LogP contribution >= 0.6 is 0 Å². The molecule has 1 heterocycles. The van der Waals surface area contributed by atoms with Gasteiger partial charge in [0.2, 0.25) is 0 Å². The van der Waals surface area contributed by atoms with Crippen molar-refractivity contribution in [1.29, 1.82) is 0 Å². The Kier molecular flexibility index (Phi) is 5.08. The van der Waals surface area contributed by atoms with E-state index in [0.29, 0.717) is 0 Å². The van der Waals surface area contributed by atoms with Crippen LogP contribution in [-0.2, 0) is 33.3 Å². The lowest BCUT2D eigenvalue weighted by Crippen LogP contribution is -2.39. The van der Waals surface area contributed by atoms with Gasteiger partial charge in [-0.25, -0.2) is 0 Å². The standard InChI is InChI=1S/C11H16O7/c1-6(12)15-4-9-11(18-8(3)14)10(5-16-9)17-7(2)13/h9-11H,4-5H2,1-3H3/t9-,10-,11+/m1/s1. The Morgan fingerprint density at radius 3 is 2.17 bits per heavy atom. The van der Waals surface area contributed by atoms with E-state index in [0.717, 1.165) is 0 Å². The highest BCUT2D eigenvalue weighted by Crippen LogP contribution is 2.21. The predicted molar refractivity (Wildman–Crippen MR) is 57.5 cm³/mol. The number of ether oxygens (including phenoxy) is 4. The maximum atomic E-state index is 11.0. The van der Waals surface area contributed by atoms with Crippen LogP contribution < -0.4 is 0 Å². The monoisotopic (exact) mass is 260 g/mol. The zero-order valence-electron chi connectivity index (χ0n) is 10.5. The fourth-order valence-electron chi connectivity index (χ4n) is 1.65. The van der Waals surface area contributed by atoms with Crippen molar-refractivity contribution in [2.24, 2.45) is 0 Å². The summed E-state index contributed by atoms with van der Waals surface area (Å²) in [7, 11) is 0. The van der Waals surface area contributed by atoms with E-state index < -0.39 is 36.2 Å². The number of carbonyl (C=O) groups excluding carboxylic acids is 3. The lowest BCUT2D eigenvalue weighted by atomic mass is 10.1. The summed E-state index contributed by atoms with van der Waals surface area (Å²) in [4.78, 5) is 32.6.